The number of nitrogen functional groups attached to an aromatic ring is 1. The zero-order chi connectivity index (χ0) is 12.4. The van der Waals surface area contributed by atoms with Gasteiger partial charge in [-0.2, -0.15) is 0 Å². The van der Waals surface area contributed by atoms with Crippen LogP contribution in [0.25, 0.3) is 0 Å². The molecule has 4 nitrogen and oxygen atoms in total. The molecule has 17 heavy (non-hydrogen) atoms. The number of benzene rings is 1. The fourth-order valence-corrected chi connectivity index (χ4v) is 2.36. The molecule has 1 amide bonds. The van der Waals surface area contributed by atoms with Crippen LogP contribution in [-0.4, -0.2) is 37.5 Å². The molecule has 1 heterocycles. The van der Waals surface area contributed by atoms with Crippen LogP contribution in [0.15, 0.2) is 24.3 Å². The minimum Gasteiger partial charge on any atom is -0.397 e. The first-order valence-electron chi connectivity index (χ1n) is 5.93. The maximum absolute atomic E-state index is 12.1. The van der Waals surface area contributed by atoms with Crippen molar-refractivity contribution in [2.45, 2.75) is 18.9 Å². The first-order valence-corrected chi connectivity index (χ1v) is 5.93. The van der Waals surface area contributed by atoms with Crippen molar-refractivity contribution < 1.29 is 4.79 Å². The zero-order valence-corrected chi connectivity index (χ0v) is 10.4. The maximum atomic E-state index is 12.1. The lowest BCUT2D eigenvalue weighted by Crippen LogP contribution is -2.43. The van der Waals surface area contributed by atoms with E-state index in [1.54, 1.807) is 19.0 Å². The molecule has 1 aliphatic rings. The molecule has 92 valence electrons. The Bertz CT molecular complexity index is 417. The van der Waals surface area contributed by atoms with E-state index in [0.717, 1.165) is 30.8 Å². The fourth-order valence-electron chi connectivity index (χ4n) is 2.36. The van der Waals surface area contributed by atoms with E-state index in [1.165, 1.54) is 0 Å². The highest BCUT2D eigenvalue weighted by Crippen LogP contribution is 2.30. The zero-order valence-electron chi connectivity index (χ0n) is 10.4. The Morgan fingerprint density at radius 1 is 1.41 bits per heavy atom. The van der Waals surface area contributed by atoms with Crippen LogP contribution in [0, 0.1) is 0 Å². The average molecular weight is 233 g/mol. The van der Waals surface area contributed by atoms with Crippen molar-refractivity contribution in [2.24, 2.45) is 0 Å². The van der Waals surface area contributed by atoms with Gasteiger partial charge in [0.05, 0.1) is 11.4 Å². The summed E-state index contributed by atoms with van der Waals surface area (Å²) in [6.45, 7) is 0.901. The Kier molecular flexibility index (Phi) is 3.22. The highest BCUT2D eigenvalue weighted by molar-refractivity contribution is 5.87. The summed E-state index contributed by atoms with van der Waals surface area (Å²) in [6, 6.07) is 7.68. The lowest BCUT2D eigenvalue weighted by atomic mass is 10.1. The standard InChI is InChI=1S/C13H19N3O/c1-15(2)13(17)12-8-5-9-16(12)11-7-4-3-6-10(11)14/h3-4,6-7,12H,5,8-9,14H2,1-2H3/t12-/m1/s1. The van der Waals surface area contributed by atoms with Crippen LogP contribution >= 0.6 is 0 Å². The highest BCUT2D eigenvalue weighted by atomic mass is 16.2. The molecule has 0 bridgehead atoms. The van der Waals surface area contributed by atoms with E-state index in [0.29, 0.717) is 0 Å². The van der Waals surface area contributed by atoms with Crippen LogP contribution in [0.4, 0.5) is 11.4 Å². The third-order valence-corrected chi connectivity index (χ3v) is 3.22. The van der Waals surface area contributed by atoms with Gasteiger partial charge < -0.3 is 15.5 Å². The topological polar surface area (TPSA) is 49.6 Å². The molecule has 0 aliphatic carbocycles. The van der Waals surface area contributed by atoms with E-state index in [2.05, 4.69) is 4.90 Å². The number of hydrogen-bond donors (Lipinski definition) is 1. The third-order valence-electron chi connectivity index (χ3n) is 3.22. The minimum absolute atomic E-state index is 0.0605. The molecule has 1 aliphatic heterocycles. The first-order chi connectivity index (χ1) is 8.11. The summed E-state index contributed by atoms with van der Waals surface area (Å²) in [4.78, 5) is 15.9. The van der Waals surface area contributed by atoms with Gasteiger partial charge in [-0.05, 0) is 25.0 Å². The van der Waals surface area contributed by atoms with E-state index in [9.17, 15) is 4.79 Å². The normalized spacial score (nSPS) is 19.4. The van der Waals surface area contributed by atoms with E-state index in [4.69, 9.17) is 5.73 Å². The number of amides is 1. The smallest absolute Gasteiger partial charge is 0.244 e. The summed E-state index contributed by atoms with van der Waals surface area (Å²) in [6.07, 6.45) is 1.95. The Labute approximate surface area is 102 Å². The maximum Gasteiger partial charge on any atom is 0.244 e. The second-order valence-corrected chi connectivity index (χ2v) is 4.64. The number of hydrogen-bond acceptors (Lipinski definition) is 3. The predicted octanol–water partition coefficient (Wildman–Crippen LogP) is 1.33. The van der Waals surface area contributed by atoms with Gasteiger partial charge in [-0.25, -0.2) is 0 Å². The fraction of sp³-hybridized carbons (Fsp3) is 0.462. The molecule has 1 saturated heterocycles. The van der Waals surface area contributed by atoms with Crippen molar-refractivity contribution in [2.75, 3.05) is 31.3 Å². The van der Waals surface area contributed by atoms with Gasteiger partial charge >= 0.3 is 0 Å². The second-order valence-electron chi connectivity index (χ2n) is 4.64. The van der Waals surface area contributed by atoms with Crippen molar-refractivity contribution in [1.82, 2.24) is 4.90 Å². The van der Waals surface area contributed by atoms with Gasteiger partial charge in [0.1, 0.15) is 6.04 Å². The van der Waals surface area contributed by atoms with Gasteiger partial charge in [-0.3, -0.25) is 4.79 Å². The van der Waals surface area contributed by atoms with Crippen LogP contribution in [0.2, 0.25) is 0 Å². The largest absolute Gasteiger partial charge is 0.397 e. The Hall–Kier alpha value is -1.71. The van der Waals surface area contributed by atoms with Crippen molar-refractivity contribution in [3.8, 4) is 0 Å². The van der Waals surface area contributed by atoms with Crippen LogP contribution < -0.4 is 10.6 Å². The van der Waals surface area contributed by atoms with E-state index in [-0.39, 0.29) is 11.9 Å². The molecule has 0 aromatic heterocycles. The van der Waals surface area contributed by atoms with Crippen molar-refractivity contribution in [3.05, 3.63) is 24.3 Å². The number of rotatable bonds is 2. The molecule has 0 unspecified atom stereocenters. The van der Waals surface area contributed by atoms with Gasteiger partial charge in [0.25, 0.3) is 0 Å². The number of carbonyl (C=O) groups excluding carboxylic acids is 1. The molecule has 1 fully saturated rings. The minimum atomic E-state index is -0.0605. The van der Waals surface area contributed by atoms with E-state index < -0.39 is 0 Å². The molecule has 0 radical (unpaired) electrons. The number of nitrogens with zero attached hydrogens (tertiary/aromatic N) is 2. The number of nitrogens with two attached hydrogens (primary N) is 1. The highest BCUT2D eigenvalue weighted by Gasteiger charge is 2.32. The number of para-hydroxylation sites is 2. The second kappa shape index (κ2) is 4.65. The lowest BCUT2D eigenvalue weighted by Gasteiger charge is -2.28. The summed E-state index contributed by atoms with van der Waals surface area (Å²) in [7, 11) is 3.60. The summed E-state index contributed by atoms with van der Waals surface area (Å²) < 4.78 is 0. The summed E-state index contributed by atoms with van der Waals surface area (Å²) in [5.41, 5.74) is 7.69. The Balaban J connectivity index is 2.26. The van der Waals surface area contributed by atoms with Gasteiger partial charge in [-0.15, -0.1) is 0 Å². The third kappa shape index (κ3) is 2.20. The van der Waals surface area contributed by atoms with Crippen molar-refractivity contribution in [3.63, 3.8) is 0 Å². The summed E-state index contributed by atoms with van der Waals surface area (Å²) >= 11 is 0. The average Bonchev–Trinajstić information content (AvgIpc) is 2.77. The molecule has 0 saturated carbocycles. The molecular weight excluding hydrogens is 214 g/mol. The molecule has 1 aromatic rings. The van der Waals surface area contributed by atoms with Gasteiger partial charge in [0, 0.05) is 20.6 Å². The lowest BCUT2D eigenvalue weighted by molar-refractivity contribution is -0.129. The number of carbonyl (C=O) groups is 1. The Morgan fingerprint density at radius 3 is 2.76 bits per heavy atom. The summed E-state index contributed by atoms with van der Waals surface area (Å²) in [5.74, 6) is 0.158. The van der Waals surface area contributed by atoms with E-state index >= 15 is 0 Å². The number of likely N-dealkylation sites (N-methyl/N-ethyl adjacent to an activating group) is 1. The molecule has 2 rings (SSSR count). The molecule has 2 N–H and O–H groups in total. The van der Waals surface area contributed by atoms with Gasteiger partial charge in [0.2, 0.25) is 5.91 Å². The molecule has 4 heteroatoms. The van der Waals surface area contributed by atoms with Crippen molar-refractivity contribution >= 4 is 17.3 Å². The summed E-state index contributed by atoms with van der Waals surface area (Å²) in [5, 5.41) is 0. The van der Waals surface area contributed by atoms with Gasteiger partial charge in [-0.1, -0.05) is 12.1 Å². The van der Waals surface area contributed by atoms with Crippen LogP contribution in [0.1, 0.15) is 12.8 Å². The van der Waals surface area contributed by atoms with E-state index in [1.807, 2.05) is 24.3 Å². The molecule has 1 aromatic carbocycles. The molecule has 0 spiro atoms. The first kappa shape index (κ1) is 11.8. The molecule has 1 atom stereocenters. The van der Waals surface area contributed by atoms with Crippen LogP contribution in [0.3, 0.4) is 0 Å². The number of anilines is 2. The monoisotopic (exact) mass is 233 g/mol. The van der Waals surface area contributed by atoms with Gasteiger partial charge in [0.15, 0.2) is 0 Å². The molecular formula is C13H19N3O. The van der Waals surface area contributed by atoms with Crippen LogP contribution in [0.5, 0.6) is 0 Å². The van der Waals surface area contributed by atoms with Crippen LogP contribution in [-0.2, 0) is 4.79 Å². The quantitative estimate of drug-likeness (QED) is 0.784. The predicted molar refractivity (Wildman–Crippen MR) is 69.9 cm³/mol. The SMILES string of the molecule is CN(C)C(=O)[C@H]1CCCN1c1ccccc1N. The Morgan fingerprint density at radius 2 is 2.12 bits per heavy atom. The van der Waals surface area contributed by atoms with Crippen molar-refractivity contribution in [1.29, 1.82) is 0 Å².